The summed E-state index contributed by atoms with van der Waals surface area (Å²) in [6, 6.07) is 4.42. The number of nitro groups is 1. The zero-order valence-corrected chi connectivity index (χ0v) is 9.81. The van der Waals surface area contributed by atoms with Crippen LogP contribution in [0.15, 0.2) is 18.2 Å². The lowest BCUT2D eigenvalue weighted by Gasteiger charge is -2.18. The molecule has 0 radical (unpaired) electrons. The zero-order chi connectivity index (χ0) is 12.4. The molecule has 1 heterocycles. The summed E-state index contributed by atoms with van der Waals surface area (Å²) in [5.41, 5.74) is 1.31. The molecule has 5 nitrogen and oxygen atoms in total. The lowest BCUT2D eigenvalue weighted by molar-refractivity contribution is -0.384. The number of halogens is 1. The van der Waals surface area contributed by atoms with Crippen LogP contribution in [0.2, 0.25) is 0 Å². The Morgan fingerprint density at radius 3 is 2.76 bits per heavy atom. The molecular formula is C11H11ClN2O3. The molecule has 0 aliphatic carbocycles. The number of anilines is 1. The van der Waals surface area contributed by atoms with Crippen molar-refractivity contribution in [3.63, 3.8) is 0 Å². The number of amides is 1. The third kappa shape index (κ3) is 2.24. The van der Waals surface area contributed by atoms with Gasteiger partial charge < -0.3 is 4.90 Å². The summed E-state index contributed by atoms with van der Waals surface area (Å²) in [6.45, 7) is 0.653. The molecule has 0 unspecified atom stereocenters. The molecule has 0 saturated carbocycles. The Morgan fingerprint density at radius 2 is 2.24 bits per heavy atom. The Bertz CT molecular complexity index is 476. The van der Waals surface area contributed by atoms with Gasteiger partial charge in [0.2, 0.25) is 5.91 Å². The Hall–Kier alpha value is -1.62. The van der Waals surface area contributed by atoms with Crippen molar-refractivity contribution in [2.75, 3.05) is 11.4 Å². The van der Waals surface area contributed by atoms with Crippen molar-refractivity contribution in [1.29, 1.82) is 0 Å². The van der Waals surface area contributed by atoms with Crippen LogP contribution in [0.5, 0.6) is 0 Å². The van der Waals surface area contributed by atoms with Gasteiger partial charge in [-0.15, -0.1) is 11.6 Å². The van der Waals surface area contributed by atoms with Crippen LogP contribution in [0.25, 0.3) is 0 Å². The first kappa shape index (κ1) is 11.9. The van der Waals surface area contributed by atoms with E-state index in [1.54, 1.807) is 11.0 Å². The molecule has 0 atom stereocenters. The number of nitro benzene ring substituents is 1. The van der Waals surface area contributed by atoms with Crippen molar-refractivity contribution < 1.29 is 9.72 Å². The van der Waals surface area contributed by atoms with Gasteiger partial charge in [-0.2, -0.15) is 0 Å². The van der Waals surface area contributed by atoms with Crippen LogP contribution in [-0.2, 0) is 10.7 Å². The largest absolute Gasteiger partial charge is 0.312 e. The van der Waals surface area contributed by atoms with Gasteiger partial charge in [0, 0.05) is 36.7 Å². The summed E-state index contributed by atoms with van der Waals surface area (Å²) < 4.78 is 0. The number of carbonyl (C=O) groups excluding carboxylic acids is 1. The number of benzene rings is 1. The number of carbonyl (C=O) groups is 1. The maximum absolute atomic E-state index is 11.6. The first-order valence-corrected chi connectivity index (χ1v) is 5.80. The highest BCUT2D eigenvalue weighted by Gasteiger charge is 2.24. The van der Waals surface area contributed by atoms with E-state index in [1.165, 1.54) is 12.1 Å². The Labute approximate surface area is 103 Å². The van der Waals surface area contributed by atoms with E-state index < -0.39 is 4.92 Å². The standard InChI is InChI=1S/C11H11ClN2O3/c12-7-8-6-9(14(16)17)3-4-10(8)13-5-1-2-11(13)15/h3-4,6H,1-2,5,7H2. The molecule has 1 saturated heterocycles. The Kier molecular flexibility index (Phi) is 3.28. The molecule has 1 fully saturated rings. The molecule has 1 aromatic rings. The molecule has 6 heteroatoms. The quantitative estimate of drug-likeness (QED) is 0.473. The number of alkyl halides is 1. The summed E-state index contributed by atoms with van der Waals surface area (Å²) in [4.78, 5) is 23.4. The molecule has 1 amide bonds. The third-order valence-electron chi connectivity index (χ3n) is 2.78. The van der Waals surface area contributed by atoms with Crippen LogP contribution in [0, 0.1) is 10.1 Å². The second kappa shape index (κ2) is 4.71. The van der Waals surface area contributed by atoms with Gasteiger partial charge in [0.05, 0.1) is 4.92 Å². The van der Waals surface area contributed by atoms with Crippen LogP contribution in [0.4, 0.5) is 11.4 Å². The van der Waals surface area contributed by atoms with E-state index in [4.69, 9.17) is 11.6 Å². The van der Waals surface area contributed by atoms with Crippen LogP contribution in [-0.4, -0.2) is 17.4 Å². The minimum atomic E-state index is -0.467. The number of non-ortho nitro benzene ring substituents is 1. The van der Waals surface area contributed by atoms with Crippen LogP contribution < -0.4 is 4.90 Å². The Morgan fingerprint density at radius 1 is 1.47 bits per heavy atom. The van der Waals surface area contributed by atoms with E-state index in [1.807, 2.05) is 0 Å². The van der Waals surface area contributed by atoms with E-state index in [0.29, 0.717) is 24.2 Å². The van der Waals surface area contributed by atoms with Crippen molar-refractivity contribution in [3.8, 4) is 0 Å². The first-order valence-electron chi connectivity index (χ1n) is 5.27. The van der Waals surface area contributed by atoms with Crippen molar-refractivity contribution in [2.24, 2.45) is 0 Å². The fourth-order valence-electron chi connectivity index (χ4n) is 1.96. The van der Waals surface area contributed by atoms with Crippen molar-refractivity contribution in [3.05, 3.63) is 33.9 Å². The van der Waals surface area contributed by atoms with E-state index in [0.717, 1.165) is 6.42 Å². The maximum Gasteiger partial charge on any atom is 0.269 e. The van der Waals surface area contributed by atoms with Gasteiger partial charge in [-0.1, -0.05) is 0 Å². The van der Waals surface area contributed by atoms with Gasteiger partial charge in [0.25, 0.3) is 5.69 Å². The molecule has 1 aromatic carbocycles. The van der Waals surface area contributed by atoms with Gasteiger partial charge >= 0.3 is 0 Å². The van der Waals surface area contributed by atoms with Gasteiger partial charge in [-0.25, -0.2) is 0 Å². The second-order valence-corrected chi connectivity index (χ2v) is 4.12. The van der Waals surface area contributed by atoms with E-state index in [2.05, 4.69) is 0 Å². The van der Waals surface area contributed by atoms with Crippen LogP contribution in [0.3, 0.4) is 0 Å². The molecule has 0 aromatic heterocycles. The van der Waals surface area contributed by atoms with Crippen LogP contribution in [0.1, 0.15) is 18.4 Å². The fraction of sp³-hybridized carbons (Fsp3) is 0.364. The summed E-state index contributed by atoms with van der Waals surface area (Å²) >= 11 is 5.77. The number of hydrogen-bond donors (Lipinski definition) is 0. The number of nitrogens with zero attached hydrogens (tertiary/aromatic N) is 2. The molecule has 90 valence electrons. The molecule has 17 heavy (non-hydrogen) atoms. The second-order valence-electron chi connectivity index (χ2n) is 3.85. The highest BCUT2D eigenvalue weighted by atomic mass is 35.5. The van der Waals surface area contributed by atoms with Crippen molar-refractivity contribution in [1.82, 2.24) is 0 Å². The average molecular weight is 255 g/mol. The number of rotatable bonds is 3. The minimum absolute atomic E-state index is 0.00366. The van der Waals surface area contributed by atoms with E-state index in [9.17, 15) is 14.9 Å². The highest BCUT2D eigenvalue weighted by Crippen LogP contribution is 2.29. The summed E-state index contributed by atoms with van der Waals surface area (Å²) in [6.07, 6.45) is 1.34. The molecule has 1 aliphatic heterocycles. The van der Waals surface area contributed by atoms with Crippen molar-refractivity contribution >= 4 is 28.9 Å². The van der Waals surface area contributed by atoms with Gasteiger partial charge in [0.15, 0.2) is 0 Å². The Balaban J connectivity index is 2.40. The predicted octanol–water partition coefficient (Wildman–Crippen LogP) is 2.46. The SMILES string of the molecule is O=C1CCCN1c1ccc([N+](=O)[O-])cc1CCl. The summed E-state index contributed by atoms with van der Waals surface area (Å²) in [5.74, 6) is 0.200. The van der Waals surface area contributed by atoms with Crippen molar-refractivity contribution in [2.45, 2.75) is 18.7 Å². The topological polar surface area (TPSA) is 63.5 Å². The molecular weight excluding hydrogens is 244 g/mol. The molecule has 1 aliphatic rings. The lowest BCUT2D eigenvalue weighted by Crippen LogP contribution is -2.24. The lowest BCUT2D eigenvalue weighted by atomic mass is 10.1. The van der Waals surface area contributed by atoms with Crippen LogP contribution >= 0.6 is 11.6 Å². The predicted molar refractivity (Wildman–Crippen MR) is 64.2 cm³/mol. The number of hydrogen-bond acceptors (Lipinski definition) is 3. The van der Waals surface area contributed by atoms with Gasteiger partial charge in [-0.3, -0.25) is 14.9 Å². The molecule has 2 rings (SSSR count). The molecule has 0 bridgehead atoms. The average Bonchev–Trinajstić information content (AvgIpc) is 2.74. The van der Waals surface area contributed by atoms with Gasteiger partial charge in [0.1, 0.15) is 0 Å². The molecule has 0 spiro atoms. The maximum atomic E-state index is 11.6. The summed E-state index contributed by atoms with van der Waals surface area (Å²) in [5, 5.41) is 10.6. The highest BCUT2D eigenvalue weighted by molar-refractivity contribution is 6.17. The van der Waals surface area contributed by atoms with Gasteiger partial charge in [-0.05, 0) is 18.1 Å². The molecule has 0 N–H and O–H groups in total. The van der Waals surface area contributed by atoms with E-state index >= 15 is 0 Å². The first-order chi connectivity index (χ1) is 8.13. The fourth-order valence-corrected chi connectivity index (χ4v) is 2.17. The monoisotopic (exact) mass is 254 g/mol. The zero-order valence-electron chi connectivity index (χ0n) is 9.06. The van der Waals surface area contributed by atoms with E-state index in [-0.39, 0.29) is 17.5 Å². The summed E-state index contributed by atoms with van der Waals surface area (Å²) in [7, 11) is 0. The third-order valence-corrected chi connectivity index (χ3v) is 3.07. The smallest absolute Gasteiger partial charge is 0.269 e. The minimum Gasteiger partial charge on any atom is -0.312 e. The normalized spacial score (nSPS) is 15.4.